The van der Waals surface area contributed by atoms with Crippen molar-refractivity contribution in [3.63, 3.8) is 0 Å². The minimum absolute atomic E-state index is 0.0124. The third-order valence-corrected chi connectivity index (χ3v) is 4.58. The van der Waals surface area contributed by atoms with Crippen LogP contribution in [-0.4, -0.2) is 28.2 Å². The van der Waals surface area contributed by atoms with Crippen molar-refractivity contribution in [3.8, 4) is 0 Å². The smallest absolute Gasteiger partial charge is 0.246 e. The Morgan fingerprint density at radius 2 is 2.00 bits per heavy atom. The lowest BCUT2D eigenvalue weighted by Crippen LogP contribution is -2.34. The Hall–Kier alpha value is -1.25. The largest absolute Gasteiger partial charge is 0.399 e. The highest BCUT2D eigenvalue weighted by Crippen LogP contribution is 2.22. The summed E-state index contributed by atoms with van der Waals surface area (Å²) in [6.45, 7) is 1.19. The predicted octanol–water partition coefficient (Wildman–Crippen LogP) is 1.25. The van der Waals surface area contributed by atoms with E-state index in [-0.39, 0.29) is 18.2 Å². The van der Waals surface area contributed by atoms with Crippen molar-refractivity contribution in [2.45, 2.75) is 17.7 Å². The van der Waals surface area contributed by atoms with Gasteiger partial charge in [-0.05, 0) is 30.9 Å². The Kier molecular flexibility index (Phi) is 4.56. The molecule has 0 amide bonds. The standard InChI is InChI=1S/C12H16F2N2O3S/c13-10-4-9(15)5-11(14)12(10)20(17,18)16-6-8-2-1-3-19-7-8/h4-5,8,16H,1-3,6-7,15H2. The van der Waals surface area contributed by atoms with Crippen LogP contribution in [0.4, 0.5) is 14.5 Å². The Labute approximate surface area is 116 Å². The van der Waals surface area contributed by atoms with E-state index >= 15 is 0 Å². The Morgan fingerprint density at radius 1 is 1.35 bits per heavy atom. The van der Waals surface area contributed by atoms with E-state index in [0.29, 0.717) is 13.2 Å². The lowest BCUT2D eigenvalue weighted by Gasteiger charge is -2.22. The van der Waals surface area contributed by atoms with E-state index in [1.807, 2.05) is 0 Å². The molecule has 1 aromatic rings. The van der Waals surface area contributed by atoms with Gasteiger partial charge in [-0.15, -0.1) is 0 Å². The third kappa shape index (κ3) is 3.44. The molecule has 1 heterocycles. The molecule has 3 N–H and O–H groups in total. The van der Waals surface area contributed by atoms with Crippen LogP contribution >= 0.6 is 0 Å². The number of anilines is 1. The van der Waals surface area contributed by atoms with Crippen molar-refractivity contribution in [2.75, 3.05) is 25.5 Å². The minimum Gasteiger partial charge on any atom is -0.399 e. The van der Waals surface area contributed by atoms with Gasteiger partial charge in [0.05, 0.1) is 6.61 Å². The molecule has 0 radical (unpaired) electrons. The second-order valence-corrected chi connectivity index (χ2v) is 6.45. The lowest BCUT2D eigenvalue weighted by molar-refractivity contribution is 0.0568. The van der Waals surface area contributed by atoms with Gasteiger partial charge in [-0.3, -0.25) is 0 Å². The highest BCUT2D eigenvalue weighted by atomic mass is 32.2. The monoisotopic (exact) mass is 306 g/mol. The van der Waals surface area contributed by atoms with Crippen molar-refractivity contribution >= 4 is 15.7 Å². The minimum atomic E-state index is -4.25. The van der Waals surface area contributed by atoms with E-state index in [4.69, 9.17) is 10.5 Å². The molecule has 1 aliphatic rings. The molecule has 0 saturated carbocycles. The zero-order valence-electron chi connectivity index (χ0n) is 10.7. The van der Waals surface area contributed by atoms with Gasteiger partial charge in [0.2, 0.25) is 10.0 Å². The first-order chi connectivity index (χ1) is 9.40. The SMILES string of the molecule is Nc1cc(F)c(S(=O)(=O)NCC2CCCOC2)c(F)c1. The lowest BCUT2D eigenvalue weighted by atomic mass is 10.0. The fourth-order valence-electron chi connectivity index (χ4n) is 2.10. The number of nitrogens with one attached hydrogen (secondary N) is 1. The molecular formula is C12H16F2N2O3S. The fourth-order valence-corrected chi connectivity index (χ4v) is 3.34. The second kappa shape index (κ2) is 6.02. The molecule has 0 spiro atoms. The molecule has 8 heteroatoms. The van der Waals surface area contributed by atoms with Crippen molar-refractivity contribution in [1.82, 2.24) is 4.72 Å². The summed E-state index contributed by atoms with van der Waals surface area (Å²) in [5.41, 5.74) is 5.08. The molecule has 20 heavy (non-hydrogen) atoms. The summed E-state index contributed by atoms with van der Waals surface area (Å²) in [7, 11) is -4.25. The van der Waals surface area contributed by atoms with E-state index in [1.165, 1.54) is 0 Å². The van der Waals surface area contributed by atoms with Crippen molar-refractivity contribution in [1.29, 1.82) is 0 Å². The van der Waals surface area contributed by atoms with Gasteiger partial charge < -0.3 is 10.5 Å². The molecule has 1 aromatic carbocycles. The fraction of sp³-hybridized carbons (Fsp3) is 0.500. The predicted molar refractivity (Wildman–Crippen MR) is 69.5 cm³/mol. The quantitative estimate of drug-likeness (QED) is 0.820. The molecule has 112 valence electrons. The number of benzene rings is 1. The molecule has 5 nitrogen and oxygen atoms in total. The molecular weight excluding hydrogens is 290 g/mol. The average molecular weight is 306 g/mol. The van der Waals surface area contributed by atoms with Gasteiger partial charge in [-0.2, -0.15) is 0 Å². The van der Waals surface area contributed by atoms with Gasteiger partial charge in [0.25, 0.3) is 0 Å². The van der Waals surface area contributed by atoms with Crippen LogP contribution in [0.2, 0.25) is 0 Å². The van der Waals surface area contributed by atoms with Crippen LogP contribution in [0.1, 0.15) is 12.8 Å². The Balaban J connectivity index is 2.14. The maximum Gasteiger partial charge on any atom is 0.246 e. The number of hydrogen-bond donors (Lipinski definition) is 2. The van der Waals surface area contributed by atoms with Crippen LogP contribution in [0.3, 0.4) is 0 Å². The normalized spacial score (nSPS) is 20.0. The topological polar surface area (TPSA) is 81.4 Å². The molecule has 0 aromatic heterocycles. The first-order valence-corrected chi connectivity index (χ1v) is 7.70. The zero-order valence-corrected chi connectivity index (χ0v) is 11.6. The van der Waals surface area contributed by atoms with Gasteiger partial charge in [-0.1, -0.05) is 0 Å². The van der Waals surface area contributed by atoms with Crippen molar-refractivity contribution in [2.24, 2.45) is 5.92 Å². The van der Waals surface area contributed by atoms with E-state index in [9.17, 15) is 17.2 Å². The number of halogens is 2. The first-order valence-electron chi connectivity index (χ1n) is 6.22. The number of sulfonamides is 1. The number of ether oxygens (including phenoxy) is 1. The van der Waals surface area contributed by atoms with Gasteiger partial charge in [0.1, 0.15) is 11.6 Å². The summed E-state index contributed by atoms with van der Waals surface area (Å²) in [6.07, 6.45) is 1.66. The summed E-state index contributed by atoms with van der Waals surface area (Å²) in [6, 6.07) is 1.56. The maximum atomic E-state index is 13.6. The van der Waals surface area contributed by atoms with Gasteiger partial charge in [0.15, 0.2) is 4.90 Å². The summed E-state index contributed by atoms with van der Waals surface area (Å²) in [5, 5.41) is 0. The highest BCUT2D eigenvalue weighted by Gasteiger charge is 2.26. The number of rotatable bonds is 4. The van der Waals surface area contributed by atoms with Gasteiger partial charge >= 0.3 is 0 Å². The molecule has 1 fully saturated rings. The van der Waals surface area contributed by atoms with Crippen LogP contribution in [0.5, 0.6) is 0 Å². The van der Waals surface area contributed by atoms with Crippen LogP contribution in [0.15, 0.2) is 17.0 Å². The van der Waals surface area contributed by atoms with Crippen molar-refractivity contribution < 1.29 is 21.9 Å². The molecule has 1 saturated heterocycles. The zero-order chi connectivity index (χ0) is 14.8. The molecule has 1 atom stereocenters. The summed E-state index contributed by atoms with van der Waals surface area (Å²) >= 11 is 0. The molecule has 2 rings (SSSR count). The van der Waals surface area contributed by atoms with Gasteiger partial charge in [-0.25, -0.2) is 21.9 Å². The molecule has 0 bridgehead atoms. The first kappa shape index (κ1) is 15.1. The van der Waals surface area contributed by atoms with Crippen LogP contribution in [0.25, 0.3) is 0 Å². The molecule has 1 unspecified atom stereocenters. The summed E-state index contributed by atoms with van der Waals surface area (Å²) in [5.74, 6) is -2.39. The van der Waals surface area contributed by atoms with E-state index in [2.05, 4.69) is 4.72 Å². The van der Waals surface area contributed by atoms with E-state index < -0.39 is 26.6 Å². The number of nitrogens with two attached hydrogens (primary N) is 1. The number of hydrogen-bond acceptors (Lipinski definition) is 4. The van der Waals surface area contributed by atoms with Crippen molar-refractivity contribution in [3.05, 3.63) is 23.8 Å². The number of nitrogen functional groups attached to an aromatic ring is 1. The van der Waals surface area contributed by atoms with E-state index in [0.717, 1.165) is 25.0 Å². The molecule has 1 aliphatic heterocycles. The Morgan fingerprint density at radius 3 is 2.55 bits per heavy atom. The maximum absolute atomic E-state index is 13.6. The summed E-state index contributed by atoms with van der Waals surface area (Å²) in [4.78, 5) is -0.997. The van der Waals surface area contributed by atoms with Crippen LogP contribution in [0, 0.1) is 17.6 Å². The van der Waals surface area contributed by atoms with Gasteiger partial charge in [0, 0.05) is 18.8 Å². The van der Waals surface area contributed by atoms with Crippen LogP contribution in [-0.2, 0) is 14.8 Å². The third-order valence-electron chi connectivity index (χ3n) is 3.11. The van der Waals surface area contributed by atoms with E-state index in [1.54, 1.807) is 0 Å². The summed E-state index contributed by atoms with van der Waals surface area (Å²) < 4.78 is 58.6. The highest BCUT2D eigenvalue weighted by molar-refractivity contribution is 7.89. The second-order valence-electron chi connectivity index (χ2n) is 4.75. The average Bonchev–Trinajstić information content (AvgIpc) is 2.36. The Bertz CT molecular complexity index is 563. The van der Waals surface area contributed by atoms with Crippen LogP contribution < -0.4 is 10.5 Å². The molecule has 0 aliphatic carbocycles.